The van der Waals surface area contributed by atoms with Crippen molar-refractivity contribution in [2.24, 2.45) is 0 Å². The molecule has 2 heterocycles. The van der Waals surface area contributed by atoms with Gasteiger partial charge in [-0.3, -0.25) is 0 Å². The zero-order chi connectivity index (χ0) is 21.2. The summed E-state index contributed by atoms with van der Waals surface area (Å²) in [6, 6.07) is 7.33. The van der Waals surface area contributed by atoms with Crippen LogP contribution in [0.3, 0.4) is 0 Å². The molecular weight excluding hydrogens is 415 g/mol. The first kappa shape index (κ1) is 21.6. The van der Waals surface area contributed by atoms with Crippen molar-refractivity contribution in [2.45, 2.75) is 18.7 Å². The van der Waals surface area contributed by atoms with E-state index in [0.717, 1.165) is 0 Å². The molecule has 7 nitrogen and oxygen atoms in total. The predicted molar refractivity (Wildman–Crippen MR) is 111 cm³/mol. The third-order valence-electron chi connectivity index (χ3n) is 4.38. The lowest BCUT2D eigenvalue weighted by atomic mass is 10.2. The van der Waals surface area contributed by atoms with Gasteiger partial charge in [0.15, 0.2) is 0 Å². The van der Waals surface area contributed by atoms with Crippen LogP contribution in [0.4, 0.5) is 4.39 Å². The number of hydrogen-bond donors (Lipinski definition) is 0. The van der Waals surface area contributed by atoms with Crippen LogP contribution in [-0.2, 0) is 10.0 Å². The number of thiophene rings is 1. The molecule has 0 aliphatic rings. The highest BCUT2D eigenvalue weighted by Gasteiger charge is 2.28. The first-order valence-electron chi connectivity index (χ1n) is 9.07. The molecule has 0 spiro atoms. The van der Waals surface area contributed by atoms with Crippen LogP contribution in [0, 0.1) is 12.7 Å². The van der Waals surface area contributed by atoms with E-state index in [4.69, 9.17) is 4.52 Å². The largest absolute Gasteiger partial charge is 0.333 e. The van der Waals surface area contributed by atoms with Crippen molar-refractivity contribution >= 4 is 21.4 Å². The summed E-state index contributed by atoms with van der Waals surface area (Å²) in [5, 5.41) is 3.93. The van der Waals surface area contributed by atoms with E-state index < -0.39 is 10.0 Å². The van der Waals surface area contributed by atoms with Crippen LogP contribution in [0.5, 0.6) is 0 Å². The number of aryl methyl sites for hydroxylation is 1. The molecule has 3 rings (SSSR count). The number of aromatic nitrogens is 2. The number of sulfonamides is 1. The minimum atomic E-state index is -3.63. The lowest BCUT2D eigenvalue weighted by molar-refractivity contribution is 0.340. The Hall–Kier alpha value is -2.14. The second-order valence-electron chi connectivity index (χ2n) is 6.76. The van der Waals surface area contributed by atoms with Gasteiger partial charge in [-0.05, 0) is 51.4 Å². The molecule has 1 aromatic carbocycles. The van der Waals surface area contributed by atoms with Crippen molar-refractivity contribution in [3.05, 3.63) is 41.0 Å². The molecule has 0 aliphatic carbocycles. The number of benzene rings is 1. The SMILES string of the molecule is CCN(CCN(C)C)S(=O)(=O)c1cc(-c2nc(-c3ccc(F)cc3)no2)sc1C. The zero-order valence-corrected chi connectivity index (χ0v) is 18.3. The standard InChI is InChI=1S/C19H23FN4O3S2/c1-5-24(11-10-23(3)4)29(25,26)17-12-16(28-13(17)2)19-21-18(22-27-19)14-6-8-15(20)9-7-14/h6-9,12H,5,10-11H2,1-4H3. The molecule has 0 unspecified atom stereocenters. The topological polar surface area (TPSA) is 79.5 Å². The Morgan fingerprint density at radius 2 is 1.86 bits per heavy atom. The fourth-order valence-corrected chi connectivity index (χ4v) is 5.69. The van der Waals surface area contributed by atoms with E-state index >= 15 is 0 Å². The highest BCUT2D eigenvalue weighted by Crippen LogP contribution is 2.34. The van der Waals surface area contributed by atoms with E-state index in [0.29, 0.717) is 40.8 Å². The van der Waals surface area contributed by atoms with Gasteiger partial charge >= 0.3 is 0 Å². The van der Waals surface area contributed by atoms with Gasteiger partial charge in [0.05, 0.1) is 9.77 Å². The minimum absolute atomic E-state index is 0.232. The summed E-state index contributed by atoms with van der Waals surface area (Å²) in [5.74, 6) is 0.197. The molecule has 0 aliphatic heterocycles. The predicted octanol–water partition coefficient (Wildman–Crippen LogP) is 3.48. The van der Waals surface area contributed by atoms with Crippen LogP contribution in [-0.4, -0.2) is 61.5 Å². The lowest BCUT2D eigenvalue weighted by Crippen LogP contribution is -2.36. The maximum atomic E-state index is 13.1. The summed E-state index contributed by atoms with van der Waals surface area (Å²) < 4.78 is 46.1. The van der Waals surface area contributed by atoms with E-state index in [9.17, 15) is 12.8 Å². The van der Waals surface area contributed by atoms with Crippen LogP contribution in [0.2, 0.25) is 0 Å². The fourth-order valence-electron chi connectivity index (χ4n) is 2.77. The molecule has 0 N–H and O–H groups in total. The van der Waals surface area contributed by atoms with Crippen molar-refractivity contribution in [1.29, 1.82) is 0 Å². The number of hydrogen-bond acceptors (Lipinski definition) is 7. The summed E-state index contributed by atoms with van der Waals surface area (Å²) in [5.41, 5.74) is 0.614. The van der Waals surface area contributed by atoms with Crippen molar-refractivity contribution < 1.29 is 17.3 Å². The Balaban J connectivity index is 1.89. The van der Waals surface area contributed by atoms with Crippen LogP contribution in [0.1, 0.15) is 11.8 Å². The molecule has 3 aromatic rings. The van der Waals surface area contributed by atoms with Gasteiger partial charge in [-0.1, -0.05) is 12.1 Å². The Morgan fingerprint density at radius 3 is 2.48 bits per heavy atom. The number of nitrogens with zero attached hydrogens (tertiary/aromatic N) is 4. The summed E-state index contributed by atoms with van der Waals surface area (Å²) in [6.45, 7) is 5.01. The third-order valence-corrected chi connectivity index (χ3v) is 7.65. The van der Waals surface area contributed by atoms with Gasteiger partial charge in [-0.25, -0.2) is 12.8 Å². The summed E-state index contributed by atoms with van der Waals surface area (Å²) in [6.07, 6.45) is 0. The lowest BCUT2D eigenvalue weighted by Gasteiger charge is -2.22. The molecule has 156 valence electrons. The van der Waals surface area contributed by atoms with E-state index in [1.165, 1.54) is 27.8 Å². The molecule has 0 radical (unpaired) electrons. The molecule has 29 heavy (non-hydrogen) atoms. The van der Waals surface area contributed by atoms with Crippen molar-refractivity contribution in [3.8, 4) is 22.2 Å². The smallest absolute Gasteiger partial charge is 0.268 e. The first-order chi connectivity index (χ1) is 13.7. The van der Waals surface area contributed by atoms with Gasteiger partial charge < -0.3 is 9.42 Å². The molecule has 0 bridgehead atoms. The van der Waals surface area contributed by atoms with E-state index in [1.807, 2.05) is 25.9 Å². The molecule has 0 atom stereocenters. The third kappa shape index (κ3) is 4.72. The second-order valence-corrected chi connectivity index (χ2v) is 9.92. The molecule has 0 amide bonds. The average molecular weight is 439 g/mol. The highest BCUT2D eigenvalue weighted by molar-refractivity contribution is 7.89. The number of halogens is 1. The van der Waals surface area contributed by atoms with Crippen LogP contribution < -0.4 is 0 Å². The number of likely N-dealkylation sites (N-methyl/N-ethyl adjacent to an activating group) is 2. The Bertz CT molecular complexity index is 1080. The fraction of sp³-hybridized carbons (Fsp3) is 0.368. The van der Waals surface area contributed by atoms with E-state index in [2.05, 4.69) is 10.1 Å². The van der Waals surface area contributed by atoms with Gasteiger partial charge in [-0.15, -0.1) is 11.3 Å². The Kier molecular flexibility index (Phi) is 6.47. The van der Waals surface area contributed by atoms with Crippen LogP contribution in [0.25, 0.3) is 22.2 Å². The van der Waals surface area contributed by atoms with Gasteiger partial charge in [0.2, 0.25) is 15.8 Å². The highest BCUT2D eigenvalue weighted by atomic mass is 32.2. The van der Waals surface area contributed by atoms with Gasteiger partial charge in [0, 0.05) is 30.1 Å². The van der Waals surface area contributed by atoms with E-state index in [-0.39, 0.29) is 16.6 Å². The van der Waals surface area contributed by atoms with Crippen molar-refractivity contribution in [1.82, 2.24) is 19.3 Å². The average Bonchev–Trinajstić information content (AvgIpc) is 3.29. The van der Waals surface area contributed by atoms with Crippen molar-refractivity contribution in [3.63, 3.8) is 0 Å². The van der Waals surface area contributed by atoms with Gasteiger partial charge in [0.25, 0.3) is 5.89 Å². The van der Waals surface area contributed by atoms with Crippen molar-refractivity contribution in [2.75, 3.05) is 33.7 Å². The molecule has 10 heteroatoms. The summed E-state index contributed by atoms with van der Waals surface area (Å²) >= 11 is 1.29. The van der Waals surface area contributed by atoms with Gasteiger partial charge in [0.1, 0.15) is 5.82 Å². The quantitative estimate of drug-likeness (QED) is 0.536. The second kappa shape index (κ2) is 8.70. The Morgan fingerprint density at radius 1 is 1.17 bits per heavy atom. The Labute approximate surface area is 173 Å². The number of rotatable bonds is 8. The summed E-state index contributed by atoms with van der Waals surface area (Å²) in [7, 11) is 0.182. The normalized spacial score (nSPS) is 12.2. The maximum absolute atomic E-state index is 13.1. The molecule has 0 fully saturated rings. The van der Waals surface area contributed by atoms with E-state index in [1.54, 1.807) is 25.1 Å². The van der Waals surface area contributed by atoms with Crippen LogP contribution in [0.15, 0.2) is 39.8 Å². The first-order valence-corrected chi connectivity index (χ1v) is 11.3. The monoisotopic (exact) mass is 438 g/mol. The minimum Gasteiger partial charge on any atom is -0.333 e. The molecular formula is C19H23FN4O3S2. The van der Waals surface area contributed by atoms with Gasteiger partial charge in [-0.2, -0.15) is 9.29 Å². The molecule has 0 saturated carbocycles. The van der Waals surface area contributed by atoms with Crippen LogP contribution >= 0.6 is 11.3 Å². The zero-order valence-electron chi connectivity index (χ0n) is 16.7. The molecule has 2 aromatic heterocycles. The molecule has 0 saturated heterocycles. The summed E-state index contributed by atoms with van der Waals surface area (Å²) in [4.78, 5) is 7.76. The maximum Gasteiger partial charge on any atom is 0.268 e.